The largest absolute Gasteiger partial charge is 0.462 e. The third-order valence-corrected chi connectivity index (χ3v) is 2.93. The van der Waals surface area contributed by atoms with Gasteiger partial charge < -0.3 is 4.42 Å². The number of carbonyl (C=O) groups excluding carboxylic acids is 2. The van der Waals surface area contributed by atoms with E-state index in [1.807, 2.05) is 13.0 Å². The maximum atomic E-state index is 11.8. The van der Waals surface area contributed by atoms with Crippen molar-refractivity contribution < 1.29 is 14.0 Å². The summed E-state index contributed by atoms with van der Waals surface area (Å²) in [5, 5.41) is 2.39. The summed E-state index contributed by atoms with van der Waals surface area (Å²) in [5.41, 5.74) is 5.32. The number of benzene rings is 1. The maximum absolute atomic E-state index is 11.8. The van der Waals surface area contributed by atoms with E-state index in [1.54, 1.807) is 36.4 Å². The van der Waals surface area contributed by atoms with E-state index >= 15 is 0 Å². The molecule has 2 aromatic rings. The second-order valence-electron chi connectivity index (χ2n) is 4.55. The average molecular weight is 329 g/mol. The second-order valence-corrected chi connectivity index (χ2v) is 4.95. The molecule has 0 bridgehead atoms. The van der Waals surface area contributed by atoms with Crippen LogP contribution in [0.1, 0.15) is 21.9 Å². The molecule has 0 unspecified atom stereocenters. The Balaban J connectivity index is 1.77. The summed E-state index contributed by atoms with van der Waals surface area (Å²) in [6.45, 7) is 1.81. The van der Waals surface area contributed by atoms with Crippen LogP contribution >= 0.6 is 12.2 Å². The quantitative estimate of drug-likeness (QED) is 0.455. The van der Waals surface area contributed by atoms with Gasteiger partial charge in [-0.1, -0.05) is 18.2 Å². The van der Waals surface area contributed by atoms with Gasteiger partial charge in [-0.15, -0.1) is 0 Å². The molecule has 0 radical (unpaired) electrons. The third-order valence-electron chi connectivity index (χ3n) is 2.72. The lowest BCUT2D eigenvalue weighted by Gasteiger charge is -2.09. The molecule has 2 amide bonds. The van der Waals surface area contributed by atoms with Crippen LogP contribution in [0.3, 0.4) is 0 Å². The van der Waals surface area contributed by atoms with E-state index in [9.17, 15) is 9.59 Å². The number of aryl methyl sites for hydroxylation is 1. The summed E-state index contributed by atoms with van der Waals surface area (Å²) < 4.78 is 5.29. The molecule has 3 N–H and O–H groups in total. The Morgan fingerprint density at radius 2 is 1.83 bits per heavy atom. The normalized spacial score (nSPS) is 10.3. The van der Waals surface area contributed by atoms with Gasteiger partial charge >= 0.3 is 0 Å². The molecule has 0 aliphatic rings. The van der Waals surface area contributed by atoms with Crippen molar-refractivity contribution in [1.82, 2.24) is 16.2 Å². The van der Waals surface area contributed by atoms with Crippen LogP contribution in [0.25, 0.3) is 6.08 Å². The summed E-state index contributed by atoms with van der Waals surface area (Å²) >= 11 is 4.92. The molecule has 0 fully saturated rings. The highest BCUT2D eigenvalue weighted by Gasteiger charge is 2.05. The van der Waals surface area contributed by atoms with Gasteiger partial charge in [0.1, 0.15) is 11.5 Å². The van der Waals surface area contributed by atoms with Crippen LogP contribution in [0, 0.1) is 6.92 Å². The Hall–Kier alpha value is -2.93. The fraction of sp³-hybridized carbons (Fsp3) is 0.0625. The van der Waals surface area contributed by atoms with Gasteiger partial charge in [0.15, 0.2) is 5.11 Å². The molecule has 118 valence electrons. The first-order chi connectivity index (χ1) is 11.0. The first-order valence-electron chi connectivity index (χ1n) is 6.75. The minimum atomic E-state index is -0.439. The van der Waals surface area contributed by atoms with Gasteiger partial charge in [-0.3, -0.25) is 25.8 Å². The summed E-state index contributed by atoms with van der Waals surface area (Å²) in [4.78, 5) is 23.4. The van der Waals surface area contributed by atoms with Gasteiger partial charge in [-0.25, -0.2) is 0 Å². The Morgan fingerprint density at radius 1 is 1.09 bits per heavy atom. The Kier molecular flexibility index (Phi) is 5.65. The van der Waals surface area contributed by atoms with Gasteiger partial charge in [0.05, 0.1) is 0 Å². The minimum absolute atomic E-state index is 0.0143. The molecule has 2 rings (SSSR count). The second kappa shape index (κ2) is 7.90. The predicted molar refractivity (Wildman–Crippen MR) is 90.3 cm³/mol. The number of hydrazine groups is 1. The van der Waals surface area contributed by atoms with Gasteiger partial charge in [0.2, 0.25) is 5.91 Å². The van der Waals surface area contributed by atoms with E-state index in [1.165, 1.54) is 12.2 Å². The zero-order chi connectivity index (χ0) is 16.7. The van der Waals surface area contributed by atoms with E-state index in [0.29, 0.717) is 11.3 Å². The van der Waals surface area contributed by atoms with Crippen LogP contribution < -0.4 is 16.2 Å². The number of nitrogens with one attached hydrogen (secondary N) is 3. The molecular formula is C16H15N3O3S. The highest BCUT2D eigenvalue weighted by molar-refractivity contribution is 7.80. The maximum Gasteiger partial charge on any atom is 0.269 e. The molecule has 0 aliphatic carbocycles. The summed E-state index contributed by atoms with van der Waals surface area (Å²) in [5.74, 6) is 0.522. The lowest BCUT2D eigenvalue weighted by molar-refractivity contribution is -0.115. The van der Waals surface area contributed by atoms with Crippen LogP contribution in [0.5, 0.6) is 0 Å². The van der Waals surface area contributed by atoms with Gasteiger partial charge in [-0.05, 0) is 49.5 Å². The highest BCUT2D eigenvalue weighted by Crippen LogP contribution is 2.07. The molecule has 0 aliphatic heterocycles. The number of rotatable bonds is 3. The zero-order valence-electron chi connectivity index (χ0n) is 12.3. The molecule has 1 aromatic carbocycles. The molecule has 6 nitrogen and oxygen atoms in total. The first kappa shape index (κ1) is 16.4. The Morgan fingerprint density at radius 3 is 2.48 bits per heavy atom. The summed E-state index contributed by atoms with van der Waals surface area (Å²) in [7, 11) is 0. The lowest BCUT2D eigenvalue weighted by Crippen LogP contribution is -2.48. The number of amides is 2. The van der Waals surface area contributed by atoms with Crippen LogP contribution in [0.15, 0.2) is 53.0 Å². The molecule has 0 spiro atoms. The van der Waals surface area contributed by atoms with E-state index in [-0.39, 0.29) is 11.0 Å². The Labute approximate surface area is 138 Å². The highest BCUT2D eigenvalue weighted by atomic mass is 32.1. The van der Waals surface area contributed by atoms with Crippen LogP contribution in [-0.4, -0.2) is 16.9 Å². The molecule has 1 heterocycles. The Bertz CT molecular complexity index is 738. The van der Waals surface area contributed by atoms with Gasteiger partial charge in [-0.2, -0.15) is 0 Å². The molecule has 0 atom stereocenters. The van der Waals surface area contributed by atoms with Crippen LogP contribution in [0.2, 0.25) is 0 Å². The monoisotopic (exact) mass is 329 g/mol. The number of hydrogen-bond donors (Lipinski definition) is 3. The van der Waals surface area contributed by atoms with E-state index in [2.05, 4.69) is 16.2 Å². The van der Waals surface area contributed by atoms with Crippen LogP contribution in [-0.2, 0) is 4.79 Å². The molecule has 0 saturated heterocycles. The smallest absolute Gasteiger partial charge is 0.269 e. The number of thiocarbonyl (C=S) groups is 1. The first-order valence-corrected chi connectivity index (χ1v) is 7.16. The fourth-order valence-electron chi connectivity index (χ4n) is 1.66. The van der Waals surface area contributed by atoms with Crippen molar-refractivity contribution in [3.05, 3.63) is 65.6 Å². The SMILES string of the molecule is Cc1ccc(C=CC(=O)NC(=S)NNC(=O)c2ccccc2)o1. The predicted octanol–water partition coefficient (Wildman–Crippen LogP) is 1.94. The molecular weight excluding hydrogens is 314 g/mol. The standard InChI is InChI=1S/C16H15N3O3S/c1-11-7-8-13(22-11)9-10-14(20)17-16(23)19-18-15(21)12-5-3-2-4-6-12/h2-10H,1H3,(H,18,21)(H2,17,19,20,23). The number of furan rings is 1. The van der Waals surface area contributed by atoms with Gasteiger partial charge in [0, 0.05) is 11.6 Å². The lowest BCUT2D eigenvalue weighted by atomic mass is 10.2. The van der Waals surface area contributed by atoms with Crippen molar-refractivity contribution in [1.29, 1.82) is 0 Å². The van der Waals surface area contributed by atoms with Crippen LogP contribution in [0.4, 0.5) is 0 Å². The van der Waals surface area contributed by atoms with Crippen molar-refractivity contribution in [3.63, 3.8) is 0 Å². The number of carbonyl (C=O) groups is 2. The zero-order valence-corrected chi connectivity index (χ0v) is 13.1. The van der Waals surface area contributed by atoms with Crippen molar-refractivity contribution >= 4 is 35.2 Å². The third kappa shape index (κ3) is 5.40. The molecule has 23 heavy (non-hydrogen) atoms. The number of hydrogen-bond acceptors (Lipinski definition) is 4. The van der Waals surface area contributed by atoms with Crippen molar-refractivity contribution in [2.75, 3.05) is 0 Å². The van der Waals surface area contributed by atoms with Gasteiger partial charge in [0.25, 0.3) is 5.91 Å². The topological polar surface area (TPSA) is 83.4 Å². The van der Waals surface area contributed by atoms with Crippen molar-refractivity contribution in [2.45, 2.75) is 6.92 Å². The molecule has 7 heteroatoms. The van der Waals surface area contributed by atoms with E-state index < -0.39 is 5.91 Å². The molecule has 1 aromatic heterocycles. The van der Waals surface area contributed by atoms with E-state index in [0.717, 1.165) is 5.76 Å². The molecule has 0 saturated carbocycles. The van der Waals surface area contributed by atoms with E-state index in [4.69, 9.17) is 16.6 Å². The average Bonchev–Trinajstić information content (AvgIpc) is 2.97. The van der Waals surface area contributed by atoms with Crippen molar-refractivity contribution in [3.8, 4) is 0 Å². The summed E-state index contributed by atoms with van der Waals surface area (Å²) in [6, 6.07) is 12.2. The minimum Gasteiger partial charge on any atom is -0.462 e. The summed E-state index contributed by atoms with van der Waals surface area (Å²) in [6.07, 6.45) is 2.80. The van der Waals surface area contributed by atoms with Crippen molar-refractivity contribution in [2.24, 2.45) is 0 Å². The fourth-order valence-corrected chi connectivity index (χ4v) is 1.81.